The molecule has 0 unspecified atom stereocenters. The fourth-order valence-corrected chi connectivity index (χ4v) is 0.586. The van der Waals surface area contributed by atoms with E-state index >= 15 is 0 Å². The molecule has 1 aromatic rings. The van der Waals surface area contributed by atoms with Crippen LogP contribution in [0.15, 0.2) is 30.3 Å². The Hall–Kier alpha value is -1.29. The van der Waals surface area contributed by atoms with Crippen molar-refractivity contribution in [2.75, 3.05) is 0 Å². The summed E-state index contributed by atoms with van der Waals surface area (Å²) in [5.74, 6) is 0. The second kappa shape index (κ2) is 2.88. The molecule has 0 N–H and O–H groups in total. The SMILES string of the molecule is [2H]C([2H])(C#N)c1ccccc1. The van der Waals surface area contributed by atoms with Gasteiger partial charge in [0.1, 0.15) is 0 Å². The van der Waals surface area contributed by atoms with Crippen molar-refractivity contribution in [3.63, 3.8) is 0 Å². The van der Waals surface area contributed by atoms with Gasteiger partial charge in [0.15, 0.2) is 0 Å². The lowest BCUT2D eigenvalue weighted by atomic mass is 10.2. The molecule has 0 aliphatic heterocycles. The van der Waals surface area contributed by atoms with Gasteiger partial charge in [-0.25, -0.2) is 0 Å². The van der Waals surface area contributed by atoms with Crippen LogP contribution in [0.2, 0.25) is 0 Å². The molecule has 0 saturated heterocycles. The van der Waals surface area contributed by atoms with Crippen LogP contribution in [0.3, 0.4) is 0 Å². The van der Waals surface area contributed by atoms with Crippen LogP contribution < -0.4 is 0 Å². The van der Waals surface area contributed by atoms with E-state index in [1.165, 1.54) is 0 Å². The van der Waals surface area contributed by atoms with Gasteiger partial charge in [-0.15, -0.1) is 0 Å². The molecule has 9 heavy (non-hydrogen) atoms. The standard InChI is InChI=1S/C8H7N/c9-7-6-8-4-2-1-3-5-8/h1-5H,6H2/i6D2. The number of rotatable bonds is 1. The normalized spacial score (nSPS) is 13.2. The number of benzene rings is 1. The summed E-state index contributed by atoms with van der Waals surface area (Å²) in [5.41, 5.74) is 0.405. The maximum Gasteiger partial charge on any atom is 0.0669 e. The summed E-state index contributed by atoms with van der Waals surface area (Å²) in [5, 5.41) is 8.42. The smallest absolute Gasteiger partial charge is 0.0669 e. The van der Waals surface area contributed by atoms with Crippen LogP contribution in [0.5, 0.6) is 0 Å². The Morgan fingerprint density at radius 1 is 1.44 bits per heavy atom. The fraction of sp³-hybridized carbons (Fsp3) is 0.125. The number of nitrogens with zero attached hydrogens (tertiary/aromatic N) is 1. The molecule has 44 valence electrons. The van der Waals surface area contributed by atoms with E-state index in [2.05, 4.69) is 0 Å². The Bertz CT molecular complexity index is 274. The molecular formula is C8H7N. The molecule has 0 aliphatic rings. The maximum atomic E-state index is 8.42. The molecule has 1 rings (SSSR count). The minimum absolute atomic E-state index is 0.405. The van der Waals surface area contributed by atoms with Gasteiger partial charge >= 0.3 is 0 Å². The fourth-order valence-electron chi connectivity index (χ4n) is 0.586. The Morgan fingerprint density at radius 2 is 2.11 bits per heavy atom. The van der Waals surface area contributed by atoms with E-state index in [0.29, 0.717) is 5.56 Å². The summed E-state index contributed by atoms with van der Waals surface area (Å²) in [4.78, 5) is 0. The Labute approximate surface area is 57.4 Å². The van der Waals surface area contributed by atoms with Crippen molar-refractivity contribution < 1.29 is 2.74 Å². The highest BCUT2D eigenvalue weighted by molar-refractivity contribution is 5.17. The average molecular weight is 119 g/mol. The van der Waals surface area contributed by atoms with Crippen molar-refractivity contribution in [1.82, 2.24) is 0 Å². The van der Waals surface area contributed by atoms with Crippen LogP contribution in [0.25, 0.3) is 0 Å². The van der Waals surface area contributed by atoms with Crippen LogP contribution >= 0.6 is 0 Å². The van der Waals surface area contributed by atoms with Crippen molar-refractivity contribution in [2.45, 2.75) is 6.37 Å². The quantitative estimate of drug-likeness (QED) is 0.552. The molecule has 0 radical (unpaired) electrons. The van der Waals surface area contributed by atoms with Crippen molar-refractivity contribution in [2.24, 2.45) is 0 Å². The summed E-state index contributed by atoms with van der Waals surface area (Å²) >= 11 is 0. The summed E-state index contributed by atoms with van der Waals surface area (Å²) in [6.07, 6.45) is -1.86. The predicted molar refractivity (Wildman–Crippen MR) is 35.8 cm³/mol. The van der Waals surface area contributed by atoms with Gasteiger partial charge in [-0.05, 0) is 5.56 Å². The van der Waals surface area contributed by atoms with E-state index in [9.17, 15) is 0 Å². The van der Waals surface area contributed by atoms with Crippen LogP contribution in [0.1, 0.15) is 8.30 Å². The third-order valence-electron chi connectivity index (χ3n) is 0.974. The van der Waals surface area contributed by atoms with Gasteiger partial charge in [0.2, 0.25) is 0 Å². The Morgan fingerprint density at radius 3 is 2.67 bits per heavy atom. The van der Waals surface area contributed by atoms with Crippen molar-refractivity contribution in [3.8, 4) is 6.07 Å². The lowest BCUT2D eigenvalue weighted by Crippen LogP contribution is -1.76. The monoisotopic (exact) mass is 119 g/mol. The maximum absolute atomic E-state index is 8.42. The minimum atomic E-state index is -1.86. The van der Waals surface area contributed by atoms with Gasteiger partial charge in [-0.2, -0.15) is 5.26 Å². The highest BCUT2D eigenvalue weighted by Gasteiger charge is 1.84. The van der Waals surface area contributed by atoms with Crippen LogP contribution in [-0.4, -0.2) is 0 Å². The molecule has 0 amide bonds. The van der Waals surface area contributed by atoms with E-state index in [-0.39, 0.29) is 0 Å². The molecule has 0 fully saturated rings. The van der Waals surface area contributed by atoms with Gasteiger partial charge in [0, 0.05) is 2.74 Å². The second-order valence-corrected chi connectivity index (χ2v) is 1.60. The Balaban J connectivity index is 3.05. The summed E-state index contributed by atoms with van der Waals surface area (Å²) in [7, 11) is 0. The number of hydrogen-bond donors (Lipinski definition) is 0. The van der Waals surface area contributed by atoms with E-state index in [1.54, 1.807) is 36.4 Å². The summed E-state index contributed by atoms with van der Waals surface area (Å²) in [6.45, 7) is 0. The highest BCUT2D eigenvalue weighted by atomic mass is 14.2. The van der Waals surface area contributed by atoms with Crippen molar-refractivity contribution in [1.29, 1.82) is 5.26 Å². The van der Waals surface area contributed by atoms with Gasteiger partial charge in [-0.1, -0.05) is 30.3 Å². The first-order valence-corrected chi connectivity index (χ1v) is 2.63. The lowest BCUT2D eigenvalue weighted by Gasteiger charge is -1.88. The lowest BCUT2D eigenvalue weighted by molar-refractivity contribution is 1.26. The van der Waals surface area contributed by atoms with Crippen LogP contribution in [0.4, 0.5) is 0 Å². The van der Waals surface area contributed by atoms with E-state index in [4.69, 9.17) is 8.00 Å². The van der Waals surface area contributed by atoms with Gasteiger partial charge in [0.05, 0.1) is 12.4 Å². The third kappa shape index (κ3) is 1.58. The number of nitriles is 1. The molecule has 1 aromatic carbocycles. The largest absolute Gasteiger partial charge is 0.198 e. The zero-order chi connectivity index (χ0) is 8.32. The molecule has 0 saturated carbocycles. The van der Waals surface area contributed by atoms with Gasteiger partial charge < -0.3 is 0 Å². The number of hydrogen-bond acceptors (Lipinski definition) is 1. The van der Waals surface area contributed by atoms with E-state index in [1.807, 2.05) is 0 Å². The van der Waals surface area contributed by atoms with E-state index < -0.39 is 6.37 Å². The molecule has 0 spiro atoms. The van der Waals surface area contributed by atoms with E-state index in [0.717, 1.165) is 0 Å². The molecule has 1 nitrogen and oxygen atoms in total. The van der Waals surface area contributed by atoms with Crippen molar-refractivity contribution >= 4 is 0 Å². The molecule has 0 atom stereocenters. The topological polar surface area (TPSA) is 23.8 Å². The highest BCUT2D eigenvalue weighted by Crippen LogP contribution is 1.96. The predicted octanol–water partition coefficient (Wildman–Crippen LogP) is 1.75. The zero-order valence-electron chi connectivity index (χ0n) is 6.83. The first kappa shape index (κ1) is 3.68. The van der Waals surface area contributed by atoms with Gasteiger partial charge in [0.25, 0.3) is 0 Å². The van der Waals surface area contributed by atoms with Crippen molar-refractivity contribution in [3.05, 3.63) is 35.9 Å². The molecule has 0 heterocycles. The molecular weight excluding hydrogens is 110 g/mol. The average Bonchev–Trinajstić information content (AvgIpc) is 2.06. The summed E-state index contributed by atoms with van der Waals surface area (Å²) < 4.78 is 14.4. The Kier molecular flexibility index (Phi) is 1.18. The molecule has 0 bridgehead atoms. The minimum Gasteiger partial charge on any atom is -0.198 e. The molecule has 0 aromatic heterocycles. The first-order valence-electron chi connectivity index (χ1n) is 3.63. The van der Waals surface area contributed by atoms with Crippen LogP contribution in [-0.2, 0) is 6.37 Å². The van der Waals surface area contributed by atoms with Crippen LogP contribution in [0, 0.1) is 11.3 Å². The zero-order valence-corrected chi connectivity index (χ0v) is 4.83. The summed E-state index contributed by atoms with van der Waals surface area (Å²) in [6, 6.07) is 10.0. The van der Waals surface area contributed by atoms with Gasteiger partial charge in [-0.3, -0.25) is 0 Å². The molecule has 0 aliphatic carbocycles. The third-order valence-corrected chi connectivity index (χ3v) is 0.974. The second-order valence-electron chi connectivity index (χ2n) is 1.60. The molecule has 1 heteroatoms. The first-order chi connectivity index (χ1) is 5.17.